The Hall–Kier alpha value is -2.34. The van der Waals surface area contributed by atoms with E-state index in [1.807, 2.05) is 30.3 Å². The van der Waals surface area contributed by atoms with Crippen LogP contribution in [0.5, 0.6) is 5.75 Å². The van der Waals surface area contributed by atoms with E-state index in [0.29, 0.717) is 13.1 Å². The fourth-order valence-electron chi connectivity index (χ4n) is 2.92. The number of benzene rings is 1. The first-order chi connectivity index (χ1) is 12.1. The molecule has 0 spiro atoms. The zero-order valence-corrected chi connectivity index (χ0v) is 15.3. The van der Waals surface area contributed by atoms with Crippen LogP contribution in [-0.2, 0) is 22.6 Å². The number of nitrogens with zero attached hydrogens (tertiary/aromatic N) is 1. The van der Waals surface area contributed by atoms with Gasteiger partial charge < -0.3 is 15.0 Å². The lowest BCUT2D eigenvalue weighted by Crippen LogP contribution is -2.32. The molecular formula is C19H22N2O3S. The number of thiophene rings is 1. The van der Waals surface area contributed by atoms with Crippen LogP contribution < -0.4 is 15.0 Å². The monoisotopic (exact) mass is 358 g/mol. The molecule has 0 bridgehead atoms. The van der Waals surface area contributed by atoms with E-state index in [0.717, 1.165) is 22.7 Å². The number of nitrogens with one attached hydrogen (secondary N) is 1. The molecule has 6 heteroatoms. The molecule has 5 nitrogen and oxygen atoms in total. The second kappa shape index (κ2) is 7.70. The highest BCUT2D eigenvalue weighted by atomic mass is 32.1. The van der Waals surface area contributed by atoms with Crippen LogP contribution in [0.3, 0.4) is 0 Å². The Balaban J connectivity index is 1.58. The number of aryl methyl sites for hydroxylation is 1. The van der Waals surface area contributed by atoms with Crippen LogP contribution in [0, 0.1) is 5.92 Å². The number of hydrogen-bond acceptors (Lipinski definition) is 4. The lowest BCUT2D eigenvalue weighted by molar-refractivity contribution is -0.126. The molecule has 1 saturated heterocycles. The maximum absolute atomic E-state index is 12.4. The average molecular weight is 358 g/mol. The van der Waals surface area contributed by atoms with Crippen LogP contribution in [0.25, 0.3) is 0 Å². The summed E-state index contributed by atoms with van der Waals surface area (Å²) in [6, 6.07) is 11.5. The highest BCUT2D eigenvalue weighted by Crippen LogP contribution is 2.27. The molecule has 0 saturated carbocycles. The molecule has 2 heterocycles. The van der Waals surface area contributed by atoms with Crippen LogP contribution >= 0.6 is 11.3 Å². The minimum absolute atomic E-state index is 0.0188. The number of ether oxygens (including phenoxy) is 1. The predicted octanol–water partition coefficient (Wildman–Crippen LogP) is 2.99. The third-order valence-corrected chi connectivity index (χ3v) is 5.61. The van der Waals surface area contributed by atoms with Gasteiger partial charge in [0.2, 0.25) is 11.8 Å². The summed E-state index contributed by atoms with van der Waals surface area (Å²) < 4.78 is 5.14. The normalized spacial score (nSPS) is 17.0. The third kappa shape index (κ3) is 4.02. The molecule has 0 aliphatic carbocycles. The van der Waals surface area contributed by atoms with Gasteiger partial charge in [-0.2, -0.15) is 0 Å². The van der Waals surface area contributed by atoms with Gasteiger partial charge in [-0.15, -0.1) is 11.3 Å². The summed E-state index contributed by atoms with van der Waals surface area (Å²) in [6.07, 6.45) is 1.26. The highest BCUT2D eigenvalue weighted by Gasteiger charge is 2.35. The Labute approximate surface area is 151 Å². The second-order valence-corrected chi connectivity index (χ2v) is 7.30. The minimum Gasteiger partial charge on any atom is -0.497 e. The van der Waals surface area contributed by atoms with E-state index >= 15 is 0 Å². The Morgan fingerprint density at radius 3 is 2.60 bits per heavy atom. The van der Waals surface area contributed by atoms with Gasteiger partial charge in [0.1, 0.15) is 5.75 Å². The molecule has 1 unspecified atom stereocenters. The summed E-state index contributed by atoms with van der Waals surface area (Å²) in [7, 11) is 1.60. The largest absolute Gasteiger partial charge is 0.497 e. The molecule has 1 aliphatic heterocycles. The van der Waals surface area contributed by atoms with Crippen molar-refractivity contribution in [3.8, 4) is 5.75 Å². The molecule has 2 amide bonds. The van der Waals surface area contributed by atoms with Crippen molar-refractivity contribution in [2.75, 3.05) is 18.6 Å². The molecule has 1 aromatic carbocycles. The van der Waals surface area contributed by atoms with Gasteiger partial charge in [0, 0.05) is 28.4 Å². The number of carbonyl (C=O) groups is 2. The van der Waals surface area contributed by atoms with E-state index in [9.17, 15) is 9.59 Å². The van der Waals surface area contributed by atoms with Gasteiger partial charge in [0.25, 0.3) is 0 Å². The van der Waals surface area contributed by atoms with E-state index in [1.54, 1.807) is 23.3 Å². The van der Waals surface area contributed by atoms with Gasteiger partial charge in [-0.25, -0.2) is 0 Å². The Kier molecular flexibility index (Phi) is 5.38. The van der Waals surface area contributed by atoms with Crippen LogP contribution in [0.1, 0.15) is 23.1 Å². The van der Waals surface area contributed by atoms with Crippen molar-refractivity contribution in [3.05, 3.63) is 46.2 Å². The van der Waals surface area contributed by atoms with Gasteiger partial charge in [0.15, 0.2) is 0 Å². The number of hydrogen-bond donors (Lipinski definition) is 1. The molecule has 2 aromatic rings. The number of rotatable bonds is 6. The molecule has 1 atom stereocenters. The quantitative estimate of drug-likeness (QED) is 0.864. The van der Waals surface area contributed by atoms with Gasteiger partial charge in [0.05, 0.1) is 19.6 Å². The Bertz CT molecular complexity index is 754. The molecule has 1 N–H and O–H groups in total. The summed E-state index contributed by atoms with van der Waals surface area (Å²) >= 11 is 1.71. The molecule has 1 fully saturated rings. The summed E-state index contributed by atoms with van der Waals surface area (Å²) in [4.78, 5) is 28.8. The SMILES string of the molecule is CCc1ccc(CNC(=O)C2CC(=O)N(c3ccc(OC)cc3)C2)s1. The molecule has 0 radical (unpaired) electrons. The Morgan fingerprint density at radius 2 is 1.96 bits per heavy atom. The van der Waals surface area contributed by atoms with E-state index in [1.165, 1.54) is 4.88 Å². The molecule has 1 aliphatic rings. The number of methoxy groups -OCH3 is 1. The number of anilines is 1. The molecular weight excluding hydrogens is 336 g/mol. The maximum Gasteiger partial charge on any atom is 0.227 e. The van der Waals surface area contributed by atoms with Crippen molar-refractivity contribution in [1.82, 2.24) is 5.32 Å². The lowest BCUT2D eigenvalue weighted by Gasteiger charge is -2.17. The zero-order valence-electron chi connectivity index (χ0n) is 14.5. The zero-order chi connectivity index (χ0) is 17.8. The summed E-state index contributed by atoms with van der Waals surface area (Å²) in [5.74, 6) is 0.359. The average Bonchev–Trinajstić information content (AvgIpc) is 3.26. The predicted molar refractivity (Wildman–Crippen MR) is 99.0 cm³/mol. The van der Waals surface area contributed by atoms with Crippen molar-refractivity contribution in [2.45, 2.75) is 26.3 Å². The van der Waals surface area contributed by atoms with E-state index in [4.69, 9.17) is 4.74 Å². The highest BCUT2D eigenvalue weighted by molar-refractivity contribution is 7.11. The fourth-order valence-corrected chi connectivity index (χ4v) is 3.82. The van der Waals surface area contributed by atoms with E-state index in [-0.39, 0.29) is 24.2 Å². The first kappa shape index (κ1) is 17.5. The van der Waals surface area contributed by atoms with Crippen LogP contribution in [-0.4, -0.2) is 25.5 Å². The van der Waals surface area contributed by atoms with E-state index < -0.39 is 0 Å². The van der Waals surface area contributed by atoms with Crippen LogP contribution in [0.15, 0.2) is 36.4 Å². The standard InChI is InChI=1S/C19H22N2O3S/c1-3-16-8-9-17(25-16)11-20-19(23)13-10-18(22)21(12-13)14-4-6-15(24-2)7-5-14/h4-9,13H,3,10-12H2,1-2H3,(H,20,23). The number of amides is 2. The van der Waals surface area contributed by atoms with Gasteiger partial charge >= 0.3 is 0 Å². The smallest absolute Gasteiger partial charge is 0.227 e. The van der Waals surface area contributed by atoms with Crippen molar-refractivity contribution in [1.29, 1.82) is 0 Å². The second-order valence-electron chi connectivity index (χ2n) is 6.04. The molecule has 1 aromatic heterocycles. The topological polar surface area (TPSA) is 58.6 Å². The van der Waals surface area contributed by atoms with Gasteiger partial charge in [-0.1, -0.05) is 6.92 Å². The van der Waals surface area contributed by atoms with E-state index in [2.05, 4.69) is 18.3 Å². The summed E-state index contributed by atoms with van der Waals surface area (Å²) in [5, 5.41) is 2.96. The van der Waals surface area contributed by atoms with Gasteiger partial charge in [-0.05, 0) is 42.8 Å². The lowest BCUT2D eigenvalue weighted by atomic mass is 10.1. The Morgan fingerprint density at radius 1 is 1.24 bits per heavy atom. The van der Waals surface area contributed by atoms with Crippen LogP contribution in [0.2, 0.25) is 0 Å². The van der Waals surface area contributed by atoms with Crippen molar-refractivity contribution < 1.29 is 14.3 Å². The van der Waals surface area contributed by atoms with Crippen molar-refractivity contribution >= 4 is 28.8 Å². The first-order valence-electron chi connectivity index (χ1n) is 8.40. The molecule has 132 valence electrons. The molecule has 25 heavy (non-hydrogen) atoms. The summed E-state index contributed by atoms with van der Waals surface area (Å²) in [6.45, 7) is 3.06. The number of carbonyl (C=O) groups excluding carboxylic acids is 2. The first-order valence-corrected chi connectivity index (χ1v) is 9.22. The third-order valence-electron chi connectivity index (χ3n) is 4.38. The summed E-state index contributed by atoms with van der Waals surface area (Å²) in [5.41, 5.74) is 0.798. The van der Waals surface area contributed by atoms with Crippen molar-refractivity contribution in [2.24, 2.45) is 5.92 Å². The van der Waals surface area contributed by atoms with Gasteiger partial charge in [-0.3, -0.25) is 9.59 Å². The fraction of sp³-hybridized carbons (Fsp3) is 0.368. The van der Waals surface area contributed by atoms with Crippen LogP contribution in [0.4, 0.5) is 5.69 Å². The van der Waals surface area contributed by atoms with Crippen molar-refractivity contribution in [3.63, 3.8) is 0 Å². The maximum atomic E-state index is 12.4. The minimum atomic E-state index is -0.305. The molecule has 3 rings (SSSR count).